The Hall–Kier alpha value is -4.11. The summed E-state index contributed by atoms with van der Waals surface area (Å²) in [5.41, 5.74) is 4.61. The standard InChI is InChI=1S/C28H31N5O4/c1-4-32-25-13-14-31(17-20-7-11-22(37-3)12-8-20)18-24(25)28(35)33-27(32)23(16-30-33)26(34)29-15-19-5-9-21(36-2)10-6-19/h5-12,16H,4,13-15,17-18H2,1-3H3,(H,29,34). The zero-order valence-corrected chi connectivity index (χ0v) is 21.4. The number of carbonyl (C=O) groups is 1. The van der Waals surface area contributed by atoms with Crippen molar-refractivity contribution < 1.29 is 14.3 Å². The number of methoxy groups -OCH3 is 2. The van der Waals surface area contributed by atoms with E-state index in [0.29, 0.717) is 30.8 Å². The van der Waals surface area contributed by atoms with Gasteiger partial charge < -0.3 is 19.4 Å². The minimum Gasteiger partial charge on any atom is -0.497 e. The van der Waals surface area contributed by atoms with E-state index >= 15 is 0 Å². The van der Waals surface area contributed by atoms with Gasteiger partial charge in [-0.1, -0.05) is 24.3 Å². The maximum atomic E-state index is 13.5. The summed E-state index contributed by atoms with van der Waals surface area (Å²) in [6.45, 7) is 5.12. The molecule has 1 amide bonds. The second-order valence-electron chi connectivity index (χ2n) is 9.11. The van der Waals surface area contributed by atoms with E-state index in [-0.39, 0.29) is 11.5 Å². The fourth-order valence-electron chi connectivity index (χ4n) is 4.95. The van der Waals surface area contributed by atoms with Crippen molar-refractivity contribution in [3.8, 4) is 11.5 Å². The molecule has 0 saturated heterocycles. The summed E-state index contributed by atoms with van der Waals surface area (Å²) in [6.07, 6.45) is 2.22. The molecule has 1 aliphatic rings. The Balaban J connectivity index is 1.39. The van der Waals surface area contributed by atoms with Crippen LogP contribution in [0.4, 0.5) is 0 Å². The zero-order chi connectivity index (χ0) is 25.9. The molecule has 0 spiro atoms. The van der Waals surface area contributed by atoms with E-state index in [1.54, 1.807) is 14.2 Å². The van der Waals surface area contributed by atoms with E-state index in [0.717, 1.165) is 53.4 Å². The van der Waals surface area contributed by atoms with Gasteiger partial charge in [-0.2, -0.15) is 9.61 Å². The number of carbonyl (C=O) groups excluding carboxylic acids is 1. The van der Waals surface area contributed by atoms with Crippen LogP contribution in [0.2, 0.25) is 0 Å². The van der Waals surface area contributed by atoms with E-state index in [2.05, 4.69) is 19.9 Å². The molecule has 9 heteroatoms. The van der Waals surface area contributed by atoms with Gasteiger partial charge in [-0.25, -0.2) is 0 Å². The largest absolute Gasteiger partial charge is 0.497 e. The number of amides is 1. The Morgan fingerprint density at radius 3 is 2.27 bits per heavy atom. The molecule has 5 rings (SSSR count). The molecule has 0 aliphatic carbocycles. The number of hydrogen-bond donors (Lipinski definition) is 1. The van der Waals surface area contributed by atoms with Crippen LogP contribution in [-0.4, -0.2) is 45.8 Å². The number of rotatable bonds is 8. The number of nitrogens with zero attached hydrogens (tertiary/aromatic N) is 4. The van der Waals surface area contributed by atoms with Gasteiger partial charge in [0.15, 0.2) is 5.65 Å². The predicted molar refractivity (Wildman–Crippen MR) is 140 cm³/mol. The lowest BCUT2D eigenvalue weighted by atomic mass is 10.0. The molecule has 0 fully saturated rings. The van der Waals surface area contributed by atoms with Crippen molar-refractivity contribution in [1.82, 2.24) is 24.4 Å². The molecule has 2 aromatic carbocycles. The molecule has 0 unspecified atom stereocenters. The highest BCUT2D eigenvalue weighted by molar-refractivity contribution is 5.99. The van der Waals surface area contributed by atoms with Crippen molar-refractivity contribution in [1.29, 1.82) is 0 Å². The van der Waals surface area contributed by atoms with Crippen molar-refractivity contribution in [2.45, 2.75) is 39.5 Å². The first-order valence-electron chi connectivity index (χ1n) is 12.4. The smallest absolute Gasteiger partial charge is 0.279 e. The lowest BCUT2D eigenvalue weighted by Gasteiger charge is -2.30. The van der Waals surface area contributed by atoms with Crippen molar-refractivity contribution in [2.75, 3.05) is 20.8 Å². The third-order valence-corrected chi connectivity index (χ3v) is 6.91. The van der Waals surface area contributed by atoms with E-state index in [4.69, 9.17) is 9.47 Å². The van der Waals surface area contributed by atoms with E-state index < -0.39 is 0 Å². The number of aromatic nitrogens is 3. The molecule has 0 radical (unpaired) electrons. The van der Waals surface area contributed by atoms with Gasteiger partial charge in [-0.05, 0) is 42.3 Å². The van der Waals surface area contributed by atoms with E-state index in [1.165, 1.54) is 10.7 Å². The van der Waals surface area contributed by atoms with Crippen LogP contribution >= 0.6 is 0 Å². The summed E-state index contributed by atoms with van der Waals surface area (Å²) in [5.74, 6) is 1.32. The average Bonchev–Trinajstić information content (AvgIpc) is 3.38. The van der Waals surface area contributed by atoms with Crippen LogP contribution in [0, 0.1) is 0 Å². The first-order valence-corrected chi connectivity index (χ1v) is 12.4. The SMILES string of the molecule is CCn1c2c(c(=O)n3ncc(C(=O)NCc4ccc(OC)cc4)c13)CN(Cc1ccc(OC)cc1)CC2. The van der Waals surface area contributed by atoms with Gasteiger partial charge in [-0.15, -0.1) is 0 Å². The molecule has 0 atom stereocenters. The minimum atomic E-state index is -0.260. The van der Waals surface area contributed by atoms with Gasteiger partial charge in [0.2, 0.25) is 0 Å². The molecule has 0 saturated carbocycles. The van der Waals surface area contributed by atoms with Crippen LogP contribution in [0.1, 0.15) is 39.7 Å². The molecule has 37 heavy (non-hydrogen) atoms. The Morgan fingerprint density at radius 1 is 1.00 bits per heavy atom. The maximum Gasteiger partial charge on any atom is 0.279 e. The quantitative estimate of drug-likeness (QED) is 0.399. The highest BCUT2D eigenvalue weighted by Gasteiger charge is 2.27. The molecular weight excluding hydrogens is 470 g/mol. The third-order valence-electron chi connectivity index (χ3n) is 6.91. The van der Waals surface area contributed by atoms with Gasteiger partial charge in [-0.3, -0.25) is 14.5 Å². The predicted octanol–water partition coefficient (Wildman–Crippen LogP) is 3.02. The van der Waals surface area contributed by atoms with Gasteiger partial charge in [0, 0.05) is 44.8 Å². The van der Waals surface area contributed by atoms with Gasteiger partial charge in [0.05, 0.1) is 26.0 Å². The first-order chi connectivity index (χ1) is 18.0. The van der Waals surface area contributed by atoms with Crippen molar-refractivity contribution in [3.63, 3.8) is 0 Å². The minimum absolute atomic E-state index is 0.164. The fourth-order valence-corrected chi connectivity index (χ4v) is 4.95. The number of hydrogen-bond acceptors (Lipinski definition) is 6. The summed E-state index contributed by atoms with van der Waals surface area (Å²) < 4.78 is 13.9. The van der Waals surface area contributed by atoms with Crippen LogP contribution in [0.3, 0.4) is 0 Å². The zero-order valence-electron chi connectivity index (χ0n) is 21.4. The lowest BCUT2D eigenvalue weighted by molar-refractivity contribution is 0.0952. The van der Waals surface area contributed by atoms with Crippen molar-refractivity contribution in [2.24, 2.45) is 0 Å². The number of fused-ring (bicyclic) bond motifs is 2. The van der Waals surface area contributed by atoms with Gasteiger partial charge >= 0.3 is 0 Å². The van der Waals surface area contributed by atoms with Gasteiger partial charge in [0.1, 0.15) is 17.1 Å². The maximum absolute atomic E-state index is 13.5. The Labute approximate surface area is 215 Å². The summed E-state index contributed by atoms with van der Waals surface area (Å²) in [6, 6.07) is 15.5. The monoisotopic (exact) mass is 501 g/mol. The highest BCUT2D eigenvalue weighted by Crippen LogP contribution is 2.23. The lowest BCUT2D eigenvalue weighted by Crippen LogP contribution is -2.38. The van der Waals surface area contributed by atoms with Gasteiger partial charge in [0.25, 0.3) is 11.5 Å². The Bertz CT molecular complexity index is 1470. The molecule has 4 aromatic rings. The topological polar surface area (TPSA) is 90.1 Å². The summed E-state index contributed by atoms with van der Waals surface area (Å²) in [7, 11) is 3.27. The summed E-state index contributed by atoms with van der Waals surface area (Å²) in [5, 5.41) is 7.29. The molecule has 2 aromatic heterocycles. The van der Waals surface area contributed by atoms with Crippen LogP contribution in [-0.2, 0) is 32.6 Å². The molecular formula is C28H31N5O4. The number of ether oxygens (including phenoxy) is 2. The summed E-state index contributed by atoms with van der Waals surface area (Å²) >= 11 is 0. The van der Waals surface area contributed by atoms with Crippen molar-refractivity contribution in [3.05, 3.63) is 93.0 Å². The first kappa shape index (κ1) is 24.6. The second-order valence-corrected chi connectivity index (χ2v) is 9.11. The Morgan fingerprint density at radius 2 is 1.65 bits per heavy atom. The molecule has 192 valence electrons. The summed E-state index contributed by atoms with van der Waals surface area (Å²) in [4.78, 5) is 28.9. The molecule has 1 aliphatic heterocycles. The average molecular weight is 502 g/mol. The van der Waals surface area contributed by atoms with Crippen LogP contribution < -0.4 is 20.3 Å². The number of nitrogens with one attached hydrogen (secondary N) is 1. The van der Waals surface area contributed by atoms with Crippen LogP contribution in [0.5, 0.6) is 11.5 Å². The van der Waals surface area contributed by atoms with E-state index in [9.17, 15) is 9.59 Å². The molecule has 1 N–H and O–H groups in total. The second kappa shape index (κ2) is 10.5. The number of benzene rings is 2. The van der Waals surface area contributed by atoms with Crippen LogP contribution in [0.25, 0.3) is 5.65 Å². The normalized spacial score (nSPS) is 13.4. The molecule has 3 heterocycles. The fraction of sp³-hybridized carbons (Fsp3) is 0.321. The van der Waals surface area contributed by atoms with Crippen molar-refractivity contribution >= 4 is 11.6 Å². The molecule has 9 nitrogen and oxygen atoms in total. The number of aryl methyl sites for hydroxylation is 1. The highest BCUT2D eigenvalue weighted by atomic mass is 16.5. The molecule has 0 bridgehead atoms. The van der Waals surface area contributed by atoms with Crippen LogP contribution in [0.15, 0.2) is 59.5 Å². The third kappa shape index (κ3) is 4.82. The van der Waals surface area contributed by atoms with E-state index in [1.807, 2.05) is 55.5 Å². The Kier molecular flexibility index (Phi) is 6.96.